The largest absolute Gasteiger partial charge is 0.449 e. The van der Waals surface area contributed by atoms with Crippen LogP contribution in [0.4, 0.5) is 16.3 Å². The van der Waals surface area contributed by atoms with Crippen molar-refractivity contribution in [3.05, 3.63) is 16.8 Å². The molecular formula is C16H23ClN4O2. The zero-order valence-electron chi connectivity index (χ0n) is 13.4. The van der Waals surface area contributed by atoms with E-state index in [0.29, 0.717) is 18.2 Å². The summed E-state index contributed by atoms with van der Waals surface area (Å²) in [7, 11) is 0. The van der Waals surface area contributed by atoms with Gasteiger partial charge in [-0.2, -0.15) is 0 Å². The summed E-state index contributed by atoms with van der Waals surface area (Å²) in [4.78, 5) is 18.1. The predicted octanol–water partition coefficient (Wildman–Crippen LogP) is 3.13. The lowest BCUT2D eigenvalue weighted by Gasteiger charge is -2.33. The smallest absolute Gasteiger partial charge is 0.409 e. The van der Waals surface area contributed by atoms with Gasteiger partial charge in [0.25, 0.3) is 0 Å². The molecule has 1 aromatic rings. The van der Waals surface area contributed by atoms with Gasteiger partial charge in [0.2, 0.25) is 0 Å². The van der Waals surface area contributed by atoms with Gasteiger partial charge in [-0.1, -0.05) is 18.5 Å². The second kappa shape index (κ2) is 7.25. The van der Waals surface area contributed by atoms with Crippen molar-refractivity contribution in [3.8, 4) is 0 Å². The van der Waals surface area contributed by atoms with Gasteiger partial charge in [0.05, 0.1) is 23.5 Å². The lowest BCUT2D eigenvalue weighted by Crippen LogP contribution is -2.45. The van der Waals surface area contributed by atoms with Gasteiger partial charge >= 0.3 is 6.09 Å². The van der Waals surface area contributed by atoms with Crippen molar-refractivity contribution in [1.29, 1.82) is 0 Å². The number of nitrogens with zero attached hydrogens (tertiary/aromatic N) is 2. The van der Waals surface area contributed by atoms with Crippen LogP contribution in [0.1, 0.15) is 31.7 Å². The zero-order chi connectivity index (χ0) is 16.2. The van der Waals surface area contributed by atoms with Crippen molar-refractivity contribution in [1.82, 2.24) is 9.88 Å². The van der Waals surface area contributed by atoms with E-state index in [1.54, 1.807) is 11.1 Å². The number of aromatic nitrogens is 1. The minimum Gasteiger partial charge on any atom is -0.449 e. The highest BCUT2D eigenvalue weighted by Gasteiger charge is 2.27. The molecule has 3 rings (SSSR count). The lowest BCUT2D eigenvalue weighted by molar-refractivity contribution is 0.0932. The van der Waals surface area contributed by atoms with E-state index in [2.05, 4.69) is 15.6 Å². The van der Waals surface area contributed by atoms with Crippen LogP contribution in [0.25, 0.3) is 0 Å². The van der Waals surface area contributed by atoms with Crippen molar-refractivity contribution in [2.24, 2.45) is 0 Å². The van der Waals surface area contributed by atoms with Gasteiger partial charge in [-0.25, -0.2) is 9.78 Å². The van der Waals surface area contributed by atoms with Gasteiger partial charge in [0.15, 0.2) is 0 Å². The van der Waals surface area contributed by atoms with Crippen LogP contribution in [0.15, 0.2) is 6.20 Å². The molecule has 0 aromatic carbocycles. The molecule has 23 heavy (non-hydrogen) atoms. The Hall–Kier alpha value is -1.69. The zero-order valence-corrected chi connectivity index (χ0v) is 14.2. The molecule has 1 unspecified atom stereocenters. The fraction of sp³-hybridized carbons (Fsp3) is 0.625. The molecule has 1 aromatic heterocycles. The third-order valence-corrected chi connectivity index (χ3v) is 4.55. The van der Waals surface area contributed by atoms with Crippen molar-refractivity contribution in [2.75, 3.05) is 36.9 Å². The molecule has 2 aliphatic heterocycles. The Bertz CT molecular complexity index is 581. The summed E-state index contributed by atoms with van der Waals surface area (Å²) in [6, 6.07) is 0.183. The molecule has 0 spiro atoms. The maximum Gasteiger partial charge on any atom is 0.409 e. The van der Waals surface area contributed by atoms with Crippen LogP contribution in [-0.2, 0) is 11.2 Å². The standard InChI is InChI=1S/C16H23ClN4O2/c1-2-8-23-16(22)21-7-3-4-11(10-21)20-14-12-5-6-18-15(12)19-9-13(14)17/h9,11H,2-8,10H2,1H3,(H2,18,19,20). The first-order chi connectivity index (χ1) is 11.2. The van der Waals surface area contributed by atoms with Crippen LogP contribution in [0.5, 0.6) is 0 Å². The molecule has 3 heterocycles. The molecule has 6 nitrogen and oxygen atoms in total. The van der Waals surface area contributed by atoms with E-state index in [-0.39, 0.29) is 12.1 Å². The number of carbonyl (C=O) groups is 1. The van der Waals surface area contributed by atoms with Gasteiger partial charge in [0, 0.05) is 31.2 Å². The number of hydrogen-bond acceptors (Lipinski definition) is 5. The number of pyridine rings is 1. The molecule has 7 heteroatoms. The van der Waals surface area contributed by atoms with Crippen LogP contribution < -0.4 is 10.6 Å². The molecule has 1 atom stereocenters. The Labute approximate surface area is 141 Å². The predicted molar refractivity (Wildman–Crippen MR) is 91.3 cm³/mol. The average Bonchev–Trinajstić information content (AvgIpc) is 3.04. The Morgan fingerprint density at radius 3 is 3.30 bits per heavy atom. The van der Waals surface area contributed by atoms with Crippen molar-refractivity contribution >= 4 is 29.2 Å². The minimum atomic E-state index is -0.217. The van der Waals surface area contributed by atoms with E-state index in [1.165, 1.54) is 0 Å². The highest BCUT2D eigenvalue weighted by Crippen LogP contribution is 2.34. The summed E-state index contributed by atoms with van der Waals surface area (Å²) < 4.78 is 5.24. The maximum atomic E-state index is 12.0. The van der Waals surface area contributed by atoms with Gasteiger partial charge in [0.1, 0.15) is 5.82 Å². The van der Waals surface area contributed by atoms with Crippen LogP contribution in [-0.4, -0.2) is 48.3 Å². The number of amides is 1. The molecule has 126 valence electrons. The molecule has 1 saturated heterocycles. The molecule has 2 aliphatic rings. The van der Waals surface area contributed by atoms with Crippen molar-refractivity contribution < 1.29 is 9.53 Å². The number of ether oxygens (including phenoxy) is 1. The number of hydrogen-bond donors (Lipinski definition) is 2. The second-order valence-electron chi connectivity index (χ2n) is 6.03. The fourth-order valence-electron chi connectivity index (χ4n) is 3.13. The third-order valence-electron chi connectivity index (χ3n) is 4.26. The number of carbonyl (C=O) groups excluding carboxylic acids is 1. The van der Waals surface area contributed by atoms with E-state index >= 15 is 0 Å². The topological polar surface area (TPSA) is 66.5 Å². The normalized spacial score (nSPS) is 19.9. The average molecular weight is 339 g/mol. The van der Waals surface area contributed by atoms with E-state index in [0.717, 1.165) is 55.8 Å². The lowest BCUT2D eigenvalue weighted by atomic mass is 10.0. The molecule has 1 fully saturated rings. The van der Waals surface area contributed by atoms with Gasteiger partial charge in [-0.3, -0.25) is 0 Å². The molecular weight excluding hydrogens is 316 g/mol. The highest BCUT2D eigenvalue weighted by molar-refractivity contribution is 6.33. The first-order valence-corrected chi connectivity index (χ1v) is 8.66. The monoisotopic (exact) mass is 338 g/mol. The summed E-state index contributed by atoms with van der Waals surface area (Å²) in [6.45, 7) is 4.75. The number of halogens is 1. The summed E-state index contributed by atoms with van der Waals surface area (Å²) in [5, 5.41) is 7.43. The Balaban J connectivity index is 1.67. The number of likely N-dealkylation sites (tertiary alicyclic amines) is 1. The van der Waals surface area contributed by atoms with E-state index in [4.69, 9.17) is 16.3 Å². The summed E-state index contributed by atoms with van der Waals surface area (Å²) in [6.07, 6.45) is 5.19. The fourth-order valence-corrected chi connectivity index (χ4v) is 3.35. The van der Waals surface area contributed by atoms with Crippen LogP contribution in [0, 0.1) is 0 Å². The summed E-state index contributed by atoms with van der Waals surface area (Å²) >= 11 is 6.34. The van der Waals surface area contributed by atoms with E-state index in [1.807, 2.05) is 6.92 Å². The molecule has 1 amide bonds. The number of nitrogens with one attached hydrogen (secondary N) is 2. The van der Waals surface area contributed by atoms with Crippen LogP contribution >= 0.6 is 11.6 Å². The SMILES string of the molecule is CCCOC(=O)N1CCCC(Nc2c(Cl)cnc3c2CCN3)C1. The van der Waals surface area contributed by atoms with Crippen molar-refractivity contribution in [3.63, 3.8) is 0 Å². The van der Waals surface area contributed by atoms with E-state index in [9.17, 15) is 4.79 Å². The van der Waals surface area contributed by atoms with Gasteiger partial charge in [-0.05, 0) is 25.7 Å². The maximum absolute atomic E-state index is 12.0. The van der Waals surface area contributed by atoms with Gasteiger partial charge < -0.3 is 20.3 Å². The summed E-state index contributed by atoms with van der Waals surface area (Å²) in [5.41, 5.74) is 2.10. The highest BCUT2D eigenvalue weighted by atomic mass is 35.5. The summed E-state index contributed by atoms with van der Waals surface area (Å²) in [5.74, 6) is 0.909. The molecule has 0 radical (unpaired) electrons. The van der Waals surface area contributed by atoms with Crippen LogP contribution in [0.2, 0.25) is 5.02 Å². The third kappa shape index (κ3) is 3.63. The Morgan fingerprint density at radius 1 is 1.61 bits per heavy atom. The number of rotatable bonds is 4. The molecule has 0 bridgehead atoms. The quantitative estimate of drug-likeness (QED) is 0.883. The molecule has 0 aliphatic carbocycles. The Kier molecular flexibility index (Phi) is 5.10. The first-order valence-electron chi connectivity index (χ1n) is 8.28. The second-order valence-corrected chi connectivity index (χ2v) is 6.44. The number of fused-ring (bicyclic) bond motifs is 1. The van der Waals surface area contributed by atoms with Crippen LogP contribution in [0.3, 0.4) is 0 Å². The van der Waals surface area contributed by atoms with Crippen molar-refractivity contribution in [2.45, 2.75) is 38.6 Å². The Morgan fingerprint density at radius 2 is 2.48 bits per heavy atom. The van der Waals surface area contributed by atoms with Gasteiger partial charge in [-0.15, -0.1) is 0 Å². The molecule has 0 saturated carbocycles. The molecule has 2 N–H and O–H groups in total. The van der Waals surface area contributed by atoms with E-state index < -0.39 is 0 Å². The minimum absolute atomic E-state index is 0.183. The number of piperidine rings is 1. The number of anilines is 2. The first kappa shape index (κ1) is 16.2.